The van der Waals surface area contributed by atoms with Gasteiger partial charge < -0.3 is 21.5 Å². The Morgan fingerprint density at radius 2 is 1.86 bits per heavy atom. The topological polar surface area (TPSA) is 122 Å². The van der Waals surface area contributed by atoms with Gasteiger partial charge >= 0.3 is 5.97 Å². The number of carbonyl (C=O) groups excluding carboxylic acids is 2. The summed E-state index contributed by atoms with van der Waals surface area (Å²) in [4.78, 5) is 34.2. The van der Waals surface area contributed by atoms with Gasteiger partial charge in [-0.1, -0.05) is 26.0 Å². The molecule has 1 aromatic carbocycles. The lowest BCUT2D eigenvalue weighted by Crippen LogP contribution is -2.44. The summed E-state index contributed by atoms with van der Waals surface area (Å²) in [5.41, 5.74) is 5.94. The summed E-state index contributed by atoms with van der Waals surface area (Å²) < 4.78 is 0. The first kappa shape index (κ1) is 17.5. The highest BCUT2D eigenvalue weighted by Gasteiger charge is 2.21. The van der Waals surface area contributed by atoms with Crippen LogP contribution in [0.1, 0.15) is 30.6 Å². The van der Waals surface area contributed by atoms with Crippen LogP contribution in [0.4, 0.5) is 5.69 Å². The summed E-state index contributed by atoms with van der Waals surface area (Å²) in [6.07, 6.45) is 0.346. The van der Waals surface area contributed by atoms with Crippen LogP contribution in [0, 0.1) is 5.92 Å². The van der Waals surface area contributed by atoms with Gasteiger partial charge in [0, 0.05) is 5.69 Å². The predicted octanol–water partition coefficient (Wildman–Crippen LogP) is 0.813. The van der Waals surface area contributed by atoms with Crippen LogP contribution in [0.15, 0.2) is 24.3 Å². The lowest BCUT2D eigenvalue weighted by molar-refractivity contribution is -0.142. The molecule has 0 spiro atoms. The SMILES string of the molecule is CC(C)C[C@H](NC(=O)CNc1ccccc1C(N)=O)C(=O)O. The highest BCUT2D eigenvalue weighted by Crippen LogP contribution is 2.13. The number of nitrogens with one attached hydrogen (secondary N) is 2. The number of carboxylic acid groups (broad SMARTS) is 1. The third-order valence-corrected chi connectivity index (χ3v) is 2.97. The summed E-state index contributed by atoms with van der Waals surface area (Å²) in [6, 6.07) is 5.60. The average Bonchev–Trinajstić information content (AvgIpc) is 2.44. The van der Waals surface area contributed by atoms with Crippen LogP contribution in [0.3, 0.4) is 0 Å². The Morgan fingerprint density at radius 1 is 1.23 bits per heavy atom. The molecule has 0 unspecified atom stereocenters. The monoisotopic (exact) mass is 307 g/mol. The van der Waals surface area contributed by atoms with Crippen LogP contribution in [-0.2, 0) is 9.59 Å². The molecular weight excluding hydrogens is 286 g/mol. The fourth-order valence-corrected chi connectivity index (χ4v) is 1.97. The van der Waals surface area contributed by atoms with Gasteiger partial charge in [0.15, 0.2) is 0 Å². The largest absolute Gasteiger partial charge is 0.480 e. The summed E-state index contributed by atoms with van der Waals surface area (Å²) in [5, 5.41) is 14.3. The number of nitrogens with two attached hydrogens (primary N) is 1. The van der Waals surface area contributed by atoms with Gasteiger partial charge in [-0.25, -0.2) is 4.79 Å². The summed E-state index contributed by atoms with van der Waals surface area (Å²) in [6.45, 7) is 3.61. The molecule has 0 saturated heterocycles. The number of rotatable bonds is 8. The van der Waals surface area contributed by atoms with Crippen LogP contribution < -0.4 is 16.4 Å². The molecule has 1 rings (SSSR count). The third kappa shape index (κ3) is 5.43. The molecule has 0 heterocycles. The van der Waals surface area contributed by atoms with E-state index in [1.54, 1.807) is 24.3 Å². The van der Waals surface area contributed by atoms with Crippen molar-refractivity contribution >= 4 is 23.5 Å². The minimum absolute atomic E-state index is 0.143. The normalized spacial score (nSPS) is 11.8. The Hall–Kier alpha value is -2.57. The quantitative estimate of drug-likeness (QED) is 0.566. The first-order valence-corrected chi connectivity index (χ1v) is 6.96. The molecular formula is C15H21N3O4. The maximum atomic E-state index is 11.8. The minimum Gasteiger partial charge on any atom is -0.480 e. The van der Waals surface area contributed by atoms with E-state index in [-0.39, 0.29) is 18.0 Å². The molecule has 2 amide bonds. The van der Waals surface area contributed by atoms with Crippen LogP contribution in [0.5, 0.6) is 0 Å². The van der Waals surface area contributed by atoms with Crippen molar-refractivity contribution in [2.24, 2.45) is 11.7 Å². The molecule has 0 fully saturated rings. The molecule has 0 aromatic heterocycles. The van der Waals surface area contributed by atoms with Crippen molar-refractivity contribution in [2.75, 3.05) is 11.9 Å². The van der Waals surface area contributed by atoms with Crippen LogP contribution >= 0.6 is 0 Å². The number of aliphatic carboxylic acids is 1. The molecule has 22 heavy (non-hydrogen) atoms. The maximum Gasteiger partial charge on any atom is 0.326 e. The van der Waals surface area contributed by atoms with Gasteiger partial charge in [-0.2, -0.15) is 0 Å². The summed E-state index contributed by atoms with van der Waals surface area (Å²) in [5.74, 6) is -2.00. The number of carbonyl (C=O) groups is 3. The Kier molecular flexibility index (Phi) is 6.37. The van der Waals surface area contributed by atoms with Crippen molar-refractivity contribution < 1.29 is 19.5 Å². The fraction of sp³-hybridized carbons (Fsp3) is 0.400. The first-order chi connectivity index (χ1) is 10.3. The van der Waals surface area contributed by atoms with Crippen LogP contribution in [0.2, 0.25) is 0 Å². The zero-order valence-electron chi connectivity index (χ0n) is 12.6. The molecule has 7 nitrogen and oxygen atoms in total. The zero-order chi connectivity index (χ0) is 16.7. The Labute approximate surface area is 128 Å². The maximum absolute atomic E-state index is 11.8. The lowest BCUT2D eigenvalue weighted by atomic mass is 10.0. The van der Waals surface area contributed by atoms with Crippen molar-refractivity contribution in [2.45, 2.75) is 26.3 Å². The summed E-state index contributed by atoms with van der Waals surface area (Å²) in [7, 11) is 0. The molecule has 1 aromatic rings. The van der Waals surface area contributed by atoms with E-state index < -0.39 is 23.8 Å². The van der Waals surface area contributed by atoms with E-state index in [4.69, 9.17) is 10.8 Å². The number of benzene rings is 1. The van der Waals surface area contributed by atoms with Gasteiger partial charge in [-0.05, 0) is 24.5 Å². The van der Waals surface area contributed by atoms with Crippen molar-refractivity contribution in [3.8, 4) is 0 Å². The molecule has 0 aliphatic heterocycles. The average molecular weight is 307 g/mol. The molecule has 0 aliphatic rings. The summed E-state index contributed by atoms with van der Waals surface area (Å²) >= 11 is 0. The zero-order valence-corrected chi connectivity index (χ0v) is 12.6. The number of primary amides is 1. The number of amides is 2. The van der Waals surface area contributed by atoms with E-state index in [0.29, 0.717) is 12.1 Å². The number of hydrogen-bond donors (Lipinski definition) is 4. The van der Waals surface area contributed by atoms with Gasteiger partial charge in [-0.3, -0.25) is 9.59 Å². The van der Waals surface area contributed by atoms with E-state index in [9.17, 15) is 14.4 Å². The van der Waals surface area contributed by atoms with Gasteiger partial charge in [-0.15, -0.1) is 0 Å². The van der Waals surface area contributed by atoms with Gasteiger partial charge in [0.05, 0.1) is 12.1 Å². The molecule has 0 radical (unpaired) electrons. The Balaban J connectivity index is 2.62. The molecule has 0 bridgehead atoms. The Bertz CT molecular complexity index is 557. The predicted molar refractivity (Wildman–Crippen MR) is 82.5 cm³/mol. The van der Waals surface area contributed by atoms with Gasteiger partial charge in [0.2, 0.25) is 5.91 Å². The first-order valence-electron chi connectivity index (χ1n) is 6.96. The highest BCUT2D eigenvalue weighted by atomic mass is 16.4. The van der Waals surface area contributed by atoms with E-state index in [1.165, 1.54) is 0 Å². The second-order valence-electron chi connectivity index (χ2n) is 5.35. The van der Waals surface area contributed by atoms with Crippen LogP contribution in [-0.4, -0.2) is 35.5 Å². The van der Waals surface area contributed by atoms with Crippen molar-refractivity contribution in [1.29, 1.82) is 0 Å². The van der Waals surface area contributed by atoms with Crippen molar-refractivity contribution in [3.63, 3.8) is 0 Å². The number of anilines is 1. The van der Waals surface area contributed by atoms with Crippen molar-refractivity contribution in [3.05, 3.63) is 29.8 Å². The molecule has 0 saturated carbocycles. The van der Waals surface area contributed by atoms with E-state index in [1.807, 2.05) is 13.8 Å². The molecule has 7 heteroatoms. The highest BCUT2D eigenvalue weighted by molar-refractivity contribution is 5.99. The van der Waals surface area contributed by atoms with Gasteiger partial charge in [0.1, 0.15) is 6.04 Å². The lowest BCUT2D eigenvalue weighted by Gasteiger charge is -2.17. The minimum atomic E-state index is -1.07. The van der Waals surface area contributed by atoms with E-state index in [2.05, 4.69) is 10.6 Å². The molecule has 120 valence electrons. The van der Waals surface area contributed by atoms with Gasteiger partial charge in [0.25, 0.3) is 5.91 Å². The second kappa shape index (κ2) is 8.02. The van der Waals surface area contributed by atoms with E-state index in [0.717, 1.165) is 0 Å². The third-order valence-electron chi connectivity index (χ3n) is 2.97. The molecule has 0 aliphatic carbocycles. The molecule has 5 N–H and O–H groups in total. The van der Waals surface area contributed by atoms with Crippen molar-refractivity contribution in [1.82, 2.24) is 5.32 Å². The van der Waals surface area contributed by atoms with E-state index >= 15 is 0 Å². The molecule has 1 atom stereocenters. The smallest absolute Gasteiger partial charge is 0.326 e. The fourth-order valence-electron chi connectivity index (χ4n) is 1.97. The Morgan fingerprint density at radius 3 is 2.41 bits per heavy atom. The second-order valence-corrected chi connectivity index (χ2v) is 5.35. The number of hydrogen-bond acceptors (Lipinski definition) is 4. The number of para-hydroxylation sites is 1. The number of carboxylic acids is 1. The van der Waals surface area contributed by atoms with Crippen LogP contribution in [0.25, 0.3) is 0 Å². The standard InChI is InChI=1S/C15H21N3O4/c1-9(2)7-12(15(21)22)18-13(19)8-17-11-6-4-3-5-10(11)14(16)20/h3-6,9,12,17H,7-8H2,1-2H3,(H2,16,20)(H,18,19)(H,21,22)/t12-/m0/s1.